The Morgan fingerprint density at radius 2 is 1.24 bits per heavy atom. The van der Waals surface area contributed by atoms with Crippen LogP contribution < -0.4 is 0 Å². The lowest BCUT2D eigenvalue weighted by atomic mass is 10.0. The van der Waals surface area contributed by atoms with Gasteiger partial charge in [-0.25, -0.2) is 0 Å². The Labute approximate surface area is 154 Å². The van der Waals surface area contributed by atoms with Gasteiger partial charge in [0.15, 0.2) is 0 Å². The minimum atomic E-state index is 0.930. The SMILES string of the molecule is CCCCCCCCCCCCc1ccc(Cc2ccccn2)cc1. The molecule has 0 radical (unpaired) electrons. The zero-order valence-electron chi connectivity index (χ0n) is 16.1. The average molecular weight is 338 g/mol. The van der Waals surface area contributed by atoms with Gasteiger partial charge in [0.2, 0.25) is 0 Å². The predicted molar refractivity (Wildman–Crippen MR) is 109 cm³/mol. The molecule has 0 N–H and O–H groups in total. The minimum absolute atomic E-state index is 0.930. The molecule has 0 aliphatic rings. The van der Waals surface area contributed by atoms with Crippen molar-refractivity contribution in [2.24, 2.45) is 0 Å². The van der Waals surface area contributed by atoms with E-state index in [1.807, 2.05) is 12.3 Å². The zero-order chi connectivity index (χ0) is 17.6. The van der Waals surface area contributed by atoms with Crippen molar-refractivity contribution in [1.82, 2.24) is 4.98 Å². The van der Waals surface area contributed by atoms with E-state index in [1.54, 1.807) is 0 Å². The van der Waals surface area contributed by atoms with Crippen LogP contribution in [0.4, 0.5) is 0 Å². The molecule has 2 rings (SSSR count). The Kier molecular flexibility index (Phi) is 10.00. The molecule has 0 fully saturated rings. The fourth-order valence-electron chi connectivity index (χ4n) is 3.35. The van der Waals surface area contributed by atoms with Gasteiger partial charge in [0.25, 0.3) is 0 Å². The molecule has 0 aliphatic heterocycles. The van der Waals surface area contributed by atoms with Crippen molar-refractivity contribution in [1.29, 1.82) is 0 Å². The summed E-state index contributed by atoms with van der Waals surface area (Å²) in [5, 5.41) is 0. The van der Waals surface area contributed by atoms with Gasteiger partial charge in [-0.15, -0.1) is 0 Å². The number of rotatable bonds is 13. The topological polar surface area (TPSA) is 12.9 Å². The summed E-state index contributed by atoms with van der Waals surface area (Å²) >= 11 is 0. The van der Waals surface area contributed by atoms with Crippen molar-refractivity contribution >= 4 is 0 Å². The van der Waals surface area contributed by atoms with Crippen LogP contribution in [0, 0.1) is 0 Å². The first kappa shape index (κ1) is 19.7. The van der Waals surface area contributed by atoms with Gasteiger partial charge in [0.1, 0.15) is 0 Å². The molecule has 0 spiro atoms. The quantitative estimate of drug-likeness (QED) is 0.354. The molecule has 0 unspecified atom stereocenters. The highest BCUT2D eigenvalue weighted by Gasteiger charge is 1.99. The molecule has 0 bridgehead atoms. The van der Waals surface area contributed by atoms with E-state index in [2.05, 4.69) is 48.3 Å². The van der Waals surface area contributed by atoms with Crippen LogP contribution in [0.15, 0.2) is 48.7 Å². The molecule has 136 valence electrons. The van der Waals surface area contributed by atoms with Gasteiger partial charge in [-0.1, -0.05) is 95.0 Å². The second kappa shape index (κ2) is 12.7. The highest BCUT2D eigenvalue weighted by molar-refractivity contribution is 5.26. The molecule has 0 saturated carbocycles. The molecule has 1 heteroatoms. The van der Waals surface area contributed by atoms with Crippen LogP contribution in [-0.4, -0.2) is 4.98 Å². The van der Waals surface area contributed by atoms with E-state index in [-0.39, 0.29) is 0 Å². The molecule has 1 heterocycles. The summed E-state index contributed by atoms with van der Waals surface area (Å²) in [6.07, 6.45) is 18.1. The molecule has 1 aromatic heterocycles. The van der Waals surface area contributed by atoms with Crippen molar-refractivity contribution in [2.45, 2.75) is 84.0 Å². The van der Waals surface area contributed by atoms with Crippen molar-refractivity contribution < 1.29 is 0 Å². The van der Waals surface area contributed by atoms with Crippen LogP contribution in [0.3, 0.4) is 0 Å². The summed E-state index contributed by atoms with van der Waals surface area (Å²) in [5.41, 5.74) is 3.97. The van der Waals surface area contributed by atoms with Crippen molar-refractivity contribution in [3.63, 3.8) is 0 Å². The van der Waals surface area contributed by atoms with E-state index < -0.39 is 0 Å². The van der Waals surface area contributed by atoms with Crippen LogP contribution in [0.2, 0.25) is 0 Å². The molecule has 1 nitrogen and oxygen atoms in total. The van der Waals surface area contributed by atoms with Crippen LogP contribution in [-0.2, 0) is 12.8 Å². The summed E-state index contributed by atoms with van der Waals surface area (Å²) in [6.45, 7) is 2.29. The number of nitrogens with zero attached hydrogens (tertiary/aromatic N) is 1. The average Bonchev–Trinajstić information content (AvgIpc) is 2.65. The Balaban J connectivity index is 1.53. The van der Waals surface area contributed by atoms with Gasteiger partial charge < -0.3 is 0 Å². The van der Waals surface area contributed by atoms with E-state index >= 15 is 0 Å². The largest absolute Gasteiger partial charge is 0.261 e. The third kappa shape index (κ3) is 8.86. The number of hydrogen-bond donors (Lipinski definition) is 0. The van der Waals surface area contributed by atoms with Gasteiger partial charge in [0, 0.05) is 18.3 Å². The first-order valence-electron chi connectivity index (χ1n) is 10.4. The maximum absolute atomic E-state index is 4.40. The Hall–Kier alpha value is -1.63. The monoisotopic (exact) mass is 337 g/mol. The van der Waals surface area contributed by atoms with E-state index in [4.69, 9.17) is 0 Å². The van der Waals surface area contributed by atoms with Crippen LogP contribution in [0.25, 0.3) is 0 Å². The van der Waals surface area contributed by atoms with Crippen LogP contribution >= 0.6 is 0 Å². The van der Waals surface area contributed by atoms with E-state index in [9.17, 15) is 0 Å². The molecule has 2 aromatic rings. The molecule has 0 atom stereocenters. The Bertz CT molecular complexity index is 544. The smallest absolute Gasteiger partial charge is 0.0447 e. The molecule has 1 aromatic carbocycles. The number of hydrogen-bond acceptors (Lipinski definition) is 1. The fraction of sp³-hybridized carbons (Fsp3) is 0.542. The molecule has 25 heavy (non-hydrogen) atoms. The van der Waals surface area contributed by atoms with Crippen molar-refractivity contribution in [3.05, 3.63) is 65.5 Å². The lowest BCUT2D eigenvalue weighted by Gasteiger charge is -2.05. The molecule has 0 amide bonds. The van der Waals surface area contributed by atoms with Crippen LogP contribution in [0.5, 0.6) is 0 Å². The molecular weight excluding hydrogens is 302 g/mol. The normalized spacial score (nSPS) is 10.9. The summed E-state index contributed by atoms with van der Waals surface area (Å²) < 4.78 is 0. The maximum Gasteiger partial charge on any atom is 0.0447 e. The van der Waals surface area contributed by atoms with Gasteiger partial charge in [0.05, 0.1) is 0 Å². The van der Waals surface area contributed by atoms with Gasteiger partial charge in [-0.05, 0) is 36.1 Å². The van der Waals surface area contributed by atoms with Gasteiger partial charge >= 0.3 is 0 Å². The first-order valence-corrected chi connectivity index (χ1v) is 10.4. The molecule has 0 aliphatic carbocycles. The van der Waals surface area contributed by atoms with E-state index in [0.717, 1.165) is 12.1 Å². The Morgan fingerprint density at radius 3 is 1.84 bits per heavy atom. The second-order valence-corrected chi connectivity index (χ2v) is 7.25. The minimum Gasteiger partial charge on any atom is -0.261 e. The van der Waals surface area contributed by atoms with E-state index in [1.165, 1.54) is 81.8 Å². The van der Waals surface area contributed by atoms with E-state index in [0.29, 0.717) is 0 Å². The number of aromatic nitrogens is 1. The van der Waals surface area contributed by atoms with Crippen molar-refractivity contribution in [3.8, 4) is 0 Å². The lowest BCUT2D eigenvalue weighted by molar-refractivity contribution is 0.556. The summed E-state index contributed by atoms with van der Waals surface area (Å²) in [6, 6.07) is 15.2. The first-order chi connectivity index (χ1) is 12.4. The number of benzene rings is 1. The number of aryl methyl sites for hydroxylation is 1. The van der Waals surface area contributed by atoms with Crippen molar-refractivity contribution in [2.75, 3.05) is 0 Å². The summed E-state index contributed by atoms with van der Waals surface area (Å²) in [5.74, 6) is 0. The van der Waals surface area contributed by atoms with Crippen LogP contribution in [0.1, 0.15) is 88.0 Å². The summed E-state index contributed by atoms with van der Waals surface area (Å²) in [4.78, 5) is 4.40. The Morgan fingerprint density at radius 1 is 0.640 bits per heavy atom. The highest BCUT2D eigenvalue weighted by atomic mass is 14.7. The summed E-state index contributed by atoms with van der Waals surface area (Å²) in [7, 11) is 0. The fourth-order valence-corrected chi connectivity index (χ4v) is 3.35. The highest BCUT2D eigenvalue weighted by Crippen LogP contribution is 2.14. The third-order valence-electron chi connectivity index (χ3n) is 4.95. The standard InChI is InChI=1S/C24H35N/c1-2-3-4-5-6-7-8-9-10-11-14-22-16-18-23(19-17-22)21-24-15-12-13-20-25-24/h12-13,15-20H,2-11,14,21H2,1H3. The second-order valence-electron chi connectivity index (χ2n) is 7.25. The van der Waals surface area contributed by atoms with Gasteiger partial charge in [-0.2, -0.15) is 0 Å². The zero-order valence-corrected chi connectivity index (χ0v) is 16.1. The lowest BCUT2D eigenvalue weighted by Crippen LogP contribution is -1.92. The maximum atomic E-state index is 4.40. The predicted octanol–water partition coefficient (Wildman–Crippen LogP) is 7.14. The third-order valence-corrected chi connectivity index (χ3v) is 4.95. The molecular formula is C24H35N. The van der Waals surface area contributed by atoms with Gasteiger partial charge in [-0.3, -0.25) is 4.98 Å². The molecule has 0 saturated heterocycles. The number of pyridine rings is 1. The number of unbranched alkanes of at least 4 members (excludes halogenated alkanes) is 9.